The zero-order valence-electron chi connectivity index (χ0n) is 19.1. The summed E-state index contributed by atoms with van der Waals surface area (Å²) in [5.74, 6) is 1.43. The van der Waals surface area contributed by atoms with Crippen molar-refractivity contribution in [1.82, 2.24) is 9.80 Å². The lowest BCUT2D eigenvalue weighted by Gasteiger charge is -2.39. The molecule has 3 saturated heterocycles. The lowest BCUT2D eigenvalue weighted by atomic mass is 9.87. The number of halogens is 1. The van der Waals surface area contributed by atoms with Gasteiger partial charge in [-0.1, -0.05) is 11.6 Å². The van der Waals surface area contributed by atoms with E-state index in [9.17, 15) is 4.79 Å². The van der Waals surface area contributed by atoms with Crippen LogP contribution in [0.3, 0.4) is 0 Å². The predicted molar refractivity (Wildman–Crippen MR) is 124 cm³/mol. The van der Waals surface area contributed by atoms with Gasteiger partial charge in [-0.15, -0.1) is 0 Å². The Hall–Kier alpha value is -1.30. The quantitative estimate of drug-likeness (QED) is 0.634. The van der Waals surface area contributed by atoms with Gasteiger partial charge >= 0.3 is 0 Å². The van der Waals surface area contributed by atoms with Crippen molar-refractivity contribution in [3.8, 4) is 5.75 Å². The fourth-order valence-electron chi connectivity index (χ4n) is 5.31. The fraction of sp³-hybridized carbons (Fsp3) is 0.720. The number of rotatable bonds is 5. The predicted octanol–water partition coefficient (Wildman–Crippen LogP) is 5.01. The average Bonchev–Trinajstić information content (AvgIpc) is 2.75. The number of ether oxygens (including phenoxy) is 2. The number of carbonyl (C=O) groups is 1. The second kappa shape index (κ2) is 10.1. The van der Waals surface area contributed by atoms with Crippen molar-refractivity contribution in [2.75, 3.05) is 39.3 Å². The summed E-state index contributed by atoms with van der Waals surface area (Å²) in [6.45, 7) is 10.2. The lowest BCUT2D eigenvalue weighted by molar-refractivity contribution is -0.0782. The van der Waals surface area contributed by atoms with Gasteiger partial charge in [-0.3, -0.25) is 4.79 Å². The Morgan fingerprint density at radius 3 is 2.58 bits per heavy atom. The molecule has 6 heteroatoms. The highest BCUT2D eigenvalue weighted by Gasteiger charge is 2.31. The minimum Gasteiger partial charge on any atom is -0.489 e. The highest BCUT2D eigenvalue weighted by Crippen LogP contribution is 2.31. The van der Waals surface area contributed by atoms with E-state index in [0.29, 0.717) is 22.3 Å². The van der Waals surface area contributed by atoms with Gasteiger partial charge in [0.15, 0.2) is 0 Å². The molecule has 172 valence electrons. The van der Waals surface area contributed by atoms with Crippen molar-refractivity contribution in [2.45, 2.75) is 70.5 Å². The largest absolute Gasteiger partial charge is 0.489 e. The van der Waals surface area contributed by atoms with Crippen molar-refractivity contribution < 1.29 is 14.3 Å². The third-order valence-corrected chi connectivity index (χ3v) is 7.20. The first-order valence-corrected chi connectivity index (χ1v) is 12.4. The Morgan fingerprint density at radius 1 is 1.13 bits per heavy atom. The number of benzene rings is 1. The van der Waals surface area contributed by atoms with E-state index < -0.39 is 0 Å². The maximum Gasteiger partial charge on any atom is 0.257 e. The van der Waals surface area contributed by atoms with Crippen LogP contribution in [0.1, 0.15) is 69.2 Å². The van der Waals surface area contributed by atoms with Crippen LogP contribution in [0.2, 0.25) is 5.02 Å². The van der Waals surface area contributed by atoms with Crippen molar-refractivity contribution in [3.05, 3.63) is 28.8 Å². The van der Waals surface area contributed by atoms with E-state index in [1.54, 1.807) is 6.07 Å². The number of likely N-dealkylation sites (tertiary alicyclic amines) is 2. The molecule has 3 fully saturated rings. The lowest BCUT2D eigenvalue weighted by Crippen LogP contribution is -2.44. The topological polar surface area (TPSA) is 42.0 Å². The van der Waals surface area contributed by atoms with Crippen LogP contribution in [0.15, 0.2) is 18.2 Å². The SMILES string of the molecule is CC1(C)C[C@H](CN2CCC(Oc3cc(Cl)ccc3C(=O)N3CCCCC3)CC2)CCO1. The smallest absolute Gasteiger partial charge is 0.257 e. The Labute approximate surface area is 192 Å². The van der Waals surface area contributed by atoms with Gasteiger partial charge in [0, 0.05) is 44.4 Å². The molecule has 1 amide bonds. The highest BCUT2D eigenvalue weighted by molar-refractivity contribution is 6.30. The van der Waals surface area contributed by atoms with Crippen LogP contribution in [0.25, 0.3) is 0 Å². The summed E-state index contributed by atoms with van der Waals surface area (Å²) < 4.78 is 12.2. The van der Waals surface area contributed by atoms with Gasteiger partial charge in [0.1, 0.15) is 11.9 Å². The Morgan fingerprint density at radius 2 is 1.87 bits per heavy atom. The summed E-state index contributed by atoms with van der Waals surface area (Å²) in [5, 5.41) is 0.616. The van der Waals surface area contributed by atoms with Crippen LogP contribution in [0, 0.1) is 5.92 Å². The van der Waals surface area contributed by atoms with Gasteiger partial charge in [0.2, 0.25) is 0 Å². The molecule has 0 unspecified atom stereocenters. The summed E-state index contributed by atoms with van der Waals surface area (Å²) in [6.07, 6.45) is 7.76. The van der Waals surface area contributed by atoms with E-state index in [1.807, 2.05) is 17.0 Å². The number of amides is 1. The summed E-state index contributed by atoms with van der Waals surface area (Å²) >= 11 is 6.26. The maximum atomic E-state index is 13.1. The molecule has 5 nitrogen and oxygen atoms in total. The molecule has 0 N–H and O–H groups in total. The van der Waals surface area contributed by atoms with Gasteiger partial charge in [-0.05, 0) is 82.9 Å². The average molecular weight is 449 g/mol. The highest BCUT2D eigenvalue weighted by atomic mass is 35.5. The van der Waals surface area contributed by atoms with Crippen molar-refractivity contribution in [1.29, 1.82) is 0 Å². The molecule has 0 bridgehead atoms. The third kappa shape index (κ3) is 6.15. The Balaban J connectivity index is 1.33. The second-order valence-electron chi connectivity index (χ2n) is 10.1. The Bertz CT molecular complexity index is 755. The molecule has 0 spiro atoms. The number of hydrogen-bond acceptors (Lipinski definition) is 4. The zero-order valence-corrected chi connectivity index (χ0v) is 19.8. The van der Waals surface area contributed by atoms with Crippen LogP contribution in [0.4, 0.5) is 0 Å². The number of nitrogens with zero attached hydrogens (tertiary/aromatic N) is 2. The molecule has 3 heterocycles. The molecule has 0 aromatic heterocycles. The van der Waals surface area contributed by atoms with Crippen LogP contribution in [-0.2, 0) is 4.74 Å². The molecular weight excluding hydrogens is 412 g/mol. The van der Waals surface area contributed by atoms with Crippen LogP contribution >= 0.6 is 11.6 Å². The van der Waals surface area contributed by atoms with Gasteiger partial charge in [-0.2, -0.15) is 0 Å². The van der Waals surface area contributed by atoms with Crippen LogP contribution in [-0.4, -0.2) is 66.7 Å². The first-order chi connectivity index (χ1) is 14.9. The van der Waals surface area contributed by atoms with Gasteiger partial charge in [0.05, 0.1) is 11.2 Å². The number of piperidine rings is 2. The van der Waals surface area contributed by atoms with E-state index in [4.69, 9.17) is 21.1 Å². The van der Waals surface area contributed by atoms with E-state index in [-0.39, 0.29) is 17.6 Å². The van der Waals surface area contributed by atoms with Crippen molar-refractivity contribution >= 4 is 17.5 Å². The molecule has 1 aromatic rings. The van der Waals surface area contributed by atoms with Gasteiger partial charge in [-0.25, -0.2) is 0 Å². The molecule has 0 aliphatic carbocycles. The summed E-state index contributed by atoms with van der Waals surface area (Å²) in [6, 6.07) is 5.44. The van der Waals surface area contributed by atoms with E-state index >= 15 is 0 Å². The summed E-state index contributed by atoms with van der Waals surface area (Å²) in [4.78, 5) is 17.6. The normalized spacial score (nSPS) is 25.4. The monoisotopic (exact) mass is 448 g/mol. The molecular formula is C25H37ClN2O3. The number of hydrogen-bond donors (Lipinski definition) is 0. The van der Waals surface area contributed by atoms with E-state index in [1.165, 1.54) is 6.42 Å². The first-order valence-electron chi connectivity index (χ1n) is 12.0. The fourth-order valence-corrected chi connectivity index (χ4v) is 5.47. The summed E-state index contributed by atoms with van der Waals surface area (Å²) in [5.41, 5.74) is 0.659. The van der Waals surface area contributed by atoms with Gasteiger partial charge in [0.25, 0.3) is 5.91 Å². The molecule has 4 rings (SSSR count). The number of carbonyl (C=O) groups excluding carboxylic acids is 1. The summed E-state index contributed by atoms with van der Waals surface area (Å²) in [7, 11) is 0. The molecule has 3 aliphatic heterocycles. The molecule has 1 aromatic carbocycles. The third-order valence-electron chi connectivity index (χ3n) is 6.96. The van der Waals surface area contributed by atoms with Gasteiger partial charge < -0.3 is 19.3 Å². The first kappa shape index (κ1) is 22.9. The zero-order chi connectivity index (χ0) is 21.8. The Kier molecular flexibility index (Phi) is 7.45. The van der Waals surface area contributed by atoms with Crippen LogP contribution < -0.4 is 4.74 Å². The minimum absolute atomic E-state index is 0.00816. The second-order valence-corrected chi connectivity index (χ2v) is 10.5. The molecule has 3 aliphatic rings. The minimum atomic E-state index is 0.00816. The molecule has 31 heavy (non-hydrogen) atoms. The van der Waals surface area contributed by atoms with E-state index in [2.05, 4.69) is 18.7 Å². The standard InChI is InChI=1S/C25H37ClN2O3/c1-25(2)17-19(10-15-30-25)18-27-13-8-21(9-14-27)31-23-16-20(26)6-7-22(23)24(29)28-11-4-3-5-12-28/h6-7,16,19,21H,3-5,8-15,17-18H2,1-2H3/t19-/m1/s1. The van der Waals surface area contributed by atoms with Crippen LogP contribution in [0.5, 0.6) is 5.75 Å². The van der Waals surface area contributed by atoms with E-state index in [0.717, 1.165) is 77.9 Å². The molecule has 0 radical (unpaired) electrons. The molecule has 1 atom stereocenters. The molecule has 0 saturated carbocycles. The maximum absolute atomic E-state index is 13.1. The van der Waals surface area contributed by atoms with Crippen molar-refractivity contribution in [3.63, 3.8) is 0 Å². The van der Waals surface area contributed by atoms with Crippen molar-refractivity contribution in [2.24, 2.45) is 5.92 Å².